The van der Waals surface area contributed by atoms with E-state index >= 15 is 0 Å². The Bertz CT molecular complexity index is 566. The molecule has 8 heteroatoms. The van der Waals surface area contributed by atoms with Crippen LogP contribution in [0.4, 0.5) is 9.59 Å². The number of carbonyl (C=O) groups excluding carboxylic acids is 3. The SMILES string of the molecule is [C-]#[N+]N1C(=O)NC2(CC=C)NC(=O)NC2(CC=C)C1=O. The van der Waals surface area contributed by atoms with Crippen molar-refractivity contribution in [2.75, 3.05) is 0 Å². The number of hydrogen-bond donors (Lipinski definition) is 3. The molecule has 8 nitrogen and oxygen atoms in total. The quantitative estimate of drug-likeness (QED) is 0.508. The molecular weight excluding hydrogens is 262 g/mol. The Morgan fingerprint density at radius 1 is 1.15 bits per heavy atom. The minimum atomic E-state index is -1.49. The number of rotatable bonds is 4. The van der Waals surface area contributed by atoms with E-state index < -0.39 is 29.2 Å². The third-order valence-corrected chi connectivity index (χ3v) is 3.45. The van der Waals surface area contributed by atoms with Crippen molar-refractivity contribution >= 4 is 18.0 Å². The van der Waals surface area contributed by atoms with Crippen molar-refractivity contribution in [3.63, 3.8) is 0 Å². The molecule has 0 bridgehead atoms. The summed E-state index contributed by atoms with van der Waals surface area (Å²) < 4.78 is 0. The van der Waals surface area contributed by atoms with Gasteiger partial charge >= 0.3 is 18.0 Å². The normalized spacial score (nSPS) is 31.6. The molecule has 0 aromatic rings. The summed E-state index contributed by atoms with van der Waals surface area (Å²) in [6.45, 7) is 14.1. The Balaban J connectivity index is 2.62. The highest BCUT2D eigenvalue weighted by Crippen LogP contribution is 2.37. The van der Waals surface area contributed by atoms with Gasteiger partial charge in [0.1, 0.15) is 0 Å². The number of amides is 5. The second-order valence-electron chi connectivity index (χ2n) is 4.52. The fraction of sp³-hybridized carbons (Fsp3) is 0.333. The van der Waals surface area contributed by atoms with Crippen LogP contribution in [-0.2, 0) is 4.79 Å². The third-order valence-electron chi connectivity index (χ3n) is 3.45. The number of hydrogen-bond acceptors (Lipinski definition) is 3. The van der Waals surface area contributed by atoms with Gasteiger partial charge in [-0.2, -0.15) is 6.57 Å². The van der Waals surface area contributed by atoms with Crippen LogP contribution < -0.4 is 16.0 Å². The molecule has 20 heavy (non-hydrogen) atoms. The highest BCUT2D eigenvalue weighted by atomic mass is 16.2. The Morgan fingerprint density at radius 3 is 2.35 bits per heavy atom. The van der Waals surface area contributed by atoms with Crippen molar-refractivity contribution in [3.8, 4) is 0 Å². The van der Waals surface area contributed by atoms with Crippen LogP contribution in [0.25, 0.3) is 4.95 Å². The van der Waals surface area contributed by atoms with Gasteiger partial charge in [0.25, 0.3) is 0 Å². The lowest BCUT2D eigenvalue weighted by molar-refractivity contribution is -0.138. The summed E-state index contributed by atoms with van der Waals surface area (Å²) in [7, 11) is 0. The minimum absolute atomic E-state index is 0.0602. The maximum absolute atomic E-state index is 12.5. The van der Waals surface area contributed by atoms with Crippen molar-refractivity contribution < 1.29 is 14.4 Å². The number of nitrogens with zero attached hydrogens (tertiary/aromatic N) is 2. The summed E-state index contributed by atoms with van der Waals surface area (Å²) in [4.78, 5) is 39.0. The molecule has 2 fully saturated rings. The molecule has 0 aromatic carbocycles. The van der Waals surface area contributed by atoms with Gasteiger partial charge in [0.05, 0.1) is 5.01 Å². The zero-order valence-electron chi connectivity index (χ0n) is 10.6. The van der Waals surface area contributed by atoms with Gasteiger partial charge < -0.3 is 16.0 Å². The molecule has 2 unspecified atom stereocenters. The molecule has 2 aliphatic heterocycles. The first kappa shape index (κ1) is 13.6. The molecule has 5 amide bonds. The van der Waals surface area contributed by atoms with Crippen LogP contribution in [0.1, 0.15) is 12.8 Å². The standard InChI is InChI=1S/C12H13N5O3/c1-4-6-11-8(18)17(13-3)10(20)16-12(11,7-5-2)15-9(19)14-11/h4-5H,1-2,6-7H2,(H,16,20)(H2,14,15,19). The molecule has 2 rings (SSSR count). The number of nitrogens with one attached hydrogen (secondary N) is 3. The lowest BCUT2D eigenvalue weighted by Crippen LogP contribution is -2.79. The summed E-state index contributed by atoms with van der Waals surface area (Å²) in [6.07, 6.45) is 3.11. The summed E-state index contributed by atoms with van der Waals surface area (Å²) in [5.74, 6) is -0.795. The van der Waals surface area contributed by atoms with E-state index in [4.69, 9.17) is 6.57 Å². The molecule has 104 valence electrons. The summed E-state index contributed by atoms with van der Waals surface area (Å²) in [6, 6.07) is -1.48. The van der Waals surface area contributed by atoms with Gasteiger partial charge in [0.2, 0.25) is 0 Å². The summed E-state index contributed by atoms with van der Waals surface area (Å²) in [5.41, 5.74) is -2.84. The van der Waals surface area contributed by atoms with Crippen LogP contribution in [0.5, 0.6) is 0 Å². The van der Waals surface area contributed by atoms with Crippen LogP contribution >= 0.6 is 0 Å². The first-order valence-corrected chi connectivity index (χ1v) is 5.82. The molecule has 0 aliphatic carbocycles. The van der Waals surface area contributed by atoms with Crippen molar-refractivity contribution in [2.24, 2.45) is 0 Å². The average Bonchev–Trinajstić information content (AvgIpc) is 2.64. The molecule has 2 heterocycles. The van der Waals surface area contributed by atoms with Gasteiger partial charge in [-0.3, -0.25) is 4.79 Å². The second kappa shape index (κ2) is 4.38. The zero-order valence-corrected chi connectivity index (χ0v) is 10.6. The lowest BCUT2D eigenvalue weighted by Gasteiger charge is -2.45. The van der Waals surface area contributed by atoms with Gasteiger partial charge in [-0.15, -0.1) is 18.1 Å². The van der Waals surface area contributed by atoms with E-state index in [0.717, 1.165) is 0 Å². The maximum Gasteiger partial charge on any atom is 0.394 e. The maximum atomic E-state index is 12.5. The largest absolute Gasteiger partial charge is 0.394 e. The Morgan fingerprint density at radius 2 is 1.80 bits per heavy atom. The molecule has 3 N–H and O–H groups in total. The number of imide groups is 1. The molecule has 2 aliphatic rings. The van der Waals surface area contributed by atoms with Gasteiger partial charge in [-0.1, -0.05) is 12.2 Å². The molecule has 0 spiro atoms. The predicted molar refractivity (Wildman–Crippen MR) is 68.7 cm³/mol. The molecule has 0 aromatic heterocycles. The van der Waals surface area contributed by atoms with E-state index in [9.17, 15) is 14.4 Å². The molecule has 2 saturated heterocycles. The van der Waals surface area contributed by atoms with Crippen molar-refractivity contribution in [1.29, 1.82) is 0 Å². The van der Waals surface area contributed by atoms with E-state index in [1.165, 1.54) is 12.2 Å². The van der Waals surface area contributed by atoms with Gasteiger partial charge in [-0.05, 0) is 0 Å². The number of urea groups is 2. The topological polar surface area (TPSA) is 94.9 Å². The molecular formula is C12H13N5O3. The monoisotopic (exact) mass is 275 g/mol. The Hall–Kier alpha value is -2.82. The van der Waals surface area contributed by atoms with Crippen molar-refractivity contribution in [3.05, 3.63) is 36.8 Å². The van der Waals surface area contributed by atoms with Crippen molar-refractivity contribution in [1.82, 2.24) is 21.0 Å². The van der Waals surface area contributed by atoms with Crippen LogP contribution in [0.3, 0.4) is 0 Å². The highest BCUT2D eigenvalue weighted by Gasteiger charge is 2.69. The summed E-state index contributed by atoms with van der Waals surface area (Å²) >= 11 is 0. The fourth-order valence-corrected chi connectivity index (χ4v) is 2.63. The fourth-order valence-electron chi connectivity index (χ4n) is 2.63. The van der Waals surface area contributed by atoms with Crippen LogP contribution in [0.15, 0.2) is 25.3 Å². The Labute approximate surface area is 115 Å². The van der Waals surface area contributed by atoms with Crippen molar-refractivity contribution in [2.45, 2.75) is 24.0 Å². The van der Waals surface area contributed by atoms with E-state index in [-0.39, 0.29) is 12.8 Å². The molecule has 0 saturated carbocycles. The van der Waals surface area contributed by atoms with E-state index in [0.29, 0.717) is 5.01 Å². The third kappa shape index (κ3) is 1.50. The van der Waals surface area contributed by atoms with E-state index in [1.54, 1.807) is 0 Å². The molecule has 2 atom stereocenters. The molecule has 0 radical (unpaired) electrons. The summed E-state index contributed by atoms with van der Waals surface area (Å²) in [5, 5.41) is 7.95. The first-order chi connectivity index (χ1) is 9.46. The van der Waals surface area contributed by atoms with Gasteiger partial charge in [-0.25, -0.2) is 9.59 Å². The van der Waals surface area contributed by atoms with Crippen LogP contribution in [0.2, 0.25) is 0 Å². The van der Waals surface area contributed by atoms with Gasteiger partial charge in [0, 0.05) is 12.8 Å². The smallest absolute Gasteiger partial charge is 0.319 e. The average molecular weight is 275 g/mol. The first-order valence-electron chi connectivity index (χ1n) is 5.82. The van der Waals surface area contributed by atoms with Gasteiger partial charge in [0.15, 0.2) is 11.2 Å². The second-order valence-corrected chi connectivity index (χ2v) is 4.52. The highest BCUT2D eigenvalue weighted by molar-refractivity contribution is 6.08. The van der Waals surface area contributed by atoms with E-state index in [2.05, 4.69) is 34.1 Å². The number of fused-ring (bicyclic) bond motifs is 1. The Kier molecular flexibility index (Phi) is 2.98. The van der Waals surface area contributed by atoms with Crippen LogP contribution in [-0.4, -0.2) is 34.2 Å². The minimum Gasteiger partial charge on any atom is -0.319 e. The zero-order chi connectivity index (χ0) is 15.0. The lowest BCUT2D eigenvalue weighted by atomic mass is 9.77. The van der Waals surface area contributed by atoms with Crippen LogP contribution in [0, 0.1) is 6.57 Å². The van der Waals surface area contributed by atoms with E-state index in [1.807, 2.05) is 0 Å². The number of carbonyl (C=O) groups is 3. The predicted octanol–water partition coefficient (Wildman–Crippen LogP) is 0.273.